The Kier molecular flexibility index (Phi) is 6.64. The second-order valence-electron chi connectivity index (χ2n) is 5.65. The van der Waals surface area contributed by atoms with Crippen LogP contribution in [-0.4, -0.2) is 16.7 Å². The summed E-state index contributed by atoms with van der Waals surface area (Å²) in [5.41, 5.74) is -0.461. The van der Waals surface area contributed by atoms with Gasteiger partial charge in [0.2, 0.25) is 0 Å². The second kappa shape index (κ2) is 8.94. The summed E-state index contributed by atoms with van der Waals surface area (Å²) in [6.07, 6.45) is -2.80. The fraction of sp³-hybridized carbons (Fsp3) is 0.158. The molecule has 6 nitrogen and oxygen atoms in total. The SMILES string of the molecule is O=C(C=Cc1ccccc1[N+](=O)[O-])CC(=O)OCc1ccc(C(F)(F)F)cc1. The average molecular weight is 393 g/mol. The van der Waals surface area contributed by atoms with Crippen molar-refractivity contribution in [2.45, 2.75) is 19.2 Å². The van der Waals surface area contributed by atoms with E-state index in [4.69, 9.17) is 4.74 Å². The molecule has 0 saturated heterocycles. The number of carbonyl (C=O) groups is 2. The molecule has 0 amide bonds. The van der Waals surface area contributed by atoms with Crippen LogP contribution in [0.15, 0.2) is 54.6 Å². The lowest BCUT2D eigenvalue weighted by Gasteiger charge is -2.08. The van der Waals surface area contributed by atoms with E-state index in [1.165, 1.54) is 36.4 Å². The molecule has 0 heterocycles. The van der Waals surface area contributed by atoms with Crippen molar-refractivity contribution in [3.63, 3.8) is 0 Å². The van der Waals surface area contributed by atoms with E-state index in [2.05, 4.69) is 0 Å². The lowest BCUT2D eigenvalue weighted by atomic mass is 10.1. The maximum absolute atomic E-state index is 12.5. The molecule has 28 heavy (non-hydrogen) atoms. The van der Waals surface area contributed by atoms with Crippen LogP contribution in [0.3, 0.4) is 0 Å². The molecule has 0 aliphatic rings. The highest BCUT2D eigenvalue weighted by Crippen LogP contribution is 2.29. The zero-order valence-electron chi connectivity index (χ0n) is 14.3. The average Bonchev–Trinajstić information content (AvgIpc) is 2.64. The van der Waals surface area contributed by atoms with Crippen LogP contribution in [0.4, 0.5) is 18.9 Å². The lowest BCUT2D eigenvalue weighted by Crippen LogP contribution is -2.10. The molecule has 0 atom stereocenters. The first kappa shape index (κ1) is 20.8. The van der Waals surface area contributed by atoms with E-state index in [9.17, 15) is 32.9 Å². The van der Waals surface area contributed by atoms with Gasteiger partial charge in [-0.15, -0.1) is 0 Å². The standard InChI is InChI=1S/C19H14F3NO5/c20-19(21,22)15-8-5-13(6-9-15)12-28-18(25)11-16(24)10-7-14-3-1-2-4-17(14)23(26)27/h1-10H,11-12H2. The number of nitro groups is 1. The van der Waals surface area contributed by atoms with E-state index in [0.717, 1.165) is 18.2 Å². The smallest absolute Gasteiger partial charge is 0.416 e. The number of benzene rings is 2. The maximum Gasteiger partial charge on any atom is 0.416 e. The number of allylic oxidation sites excluding steroid dienone is 1. The first-order chi connectivity index (χ1) is 13.2. The number of hydrogen-bond acceptors (Lipinski definition) is 5. The minimum Gasteiger partial charge on any atom is -0.460 e. The molecule has 0 spiro atoms. The minimum atomic E-state index is -4.46. The van der Waals surface area contributed by atoms with Gasteiger partial charge in [0, 0.05) is 6.07 Å². The molecule has 0 fully saturated rings. The van der Waals surface area contributed by atoms with Gasteiger partial charge in [-0.2, -0.15) is 13.2 Å². The van der Waals surface area contributed by atoms with Crippen molar-refractivity contribution >= 4 is 23.5 Å². The number of nitrogens with zero attached hydrogens (tertiary/aromatic N) is 1. The van der Waals surface area contributed by atoms with Crippen LogP contribution >= 0.6 is 0 Å². The van der Waals surface area contributed by atoms with E-state index >= 15 is 0 Å². The molecule has 2 aromatic rings. The van der Waals surface area contributed by atoms with Crippen molar-refractivity contribution in [2.24, 2.45) is 0 Å². The van der Waals surface area contributed by atoms with Gasteiger partial charge in [-0.3, -0.25) is 19.7 Å². The number of para-hydroxylation sites is 1. The Labute approximate surface area is 157 Å². The Morgan fingerprint density at radius 2 is 1.71 bits per heavy atom. The fourth-order valence-corrected chi connectivity index (χ4v) is 2.18. The number of nitro benzene ring substituents is 1. The summed E-state index contributed by atoms with van der Waals surface area (Å²) in [4.78, 5) is 33.8. The molecular formula is C19H14F3NO5. The van der Waals surface area contributed by atoms with Crippen molar-refractivity contribution in [1.82, 2.24) is 0 Å². The third-order valence-electron chi connectivity index (χ3n) is 3.58. The van der Waals surface area contributed by atoms with Crippen LogP contribution in [0.1, 0.15) is 23.1 Å². The zero-order valence-corrected chi connectivity index (χ0v) is 14.3. The number of carbonyl (C=O) groups excluding carboxylic acids is 2. The monoisotopic (exact) mass is 393 g/mol. The van der Waals surface area contributed by atoms with Crippen LogP contribution in [0.2, 0.25) is 0 Å². The molecule has 0 bridgehead atoms. The molecule has 2 aromatic carbocycles. The normalized spacial score (nSPS) is 11.4. The Morgan fingerprint density at radius 1 is 1.07 bits per heavy atom. The highest BCUT2D eigenvalue weighted by atomic mass is 19.4. The van der Waals surface area contributed by atoms with Gasteiger partial charge in [0.05, 0.1) is 16.1 Å². The van der Waals surface area contributed by atoms with Crippen molar-refractivity contribution < 1.29 is 32.4 Å². The maximum atomic E-state index is 12.5. The van der Waals surface area contributed by atoms with Gasteiger partial charge in [0.1, 0.15) is 13.0 Å². The molecule has 2 rings (SSSR count). The van der Waals surface area contributed by atoms with Crippen LogP contribution in [0, 0.1) is 10.1 Å². The molecule has 0 radical (unpaired) electrons. The highest BCUT2D eigenvalue weighted by molar-refractivity contribution is 6.04. The predicted octanol–water partition coefficient (Wildman–Crippen LogP) is 4.33. The molecule has 0 aliphatic heterocycles. The van der Waals surface area contributed by atoms with Gasteiger partial charge in [0.25, 0.3) is 5.69 Å². The van der Waals surface area contributed by atoms with E-state index in [-0.39, 0.29) is 17.9 Å². The minimum absolute atomic E-state index is 0.184. The van der Waals surface area contributed by atoms with Gasteiger partial charge in [0.15, 0.2) is 5.78 Å². The predicted molar refractivity (Wildman–Crippen MR) is 93.0 cm³/mol. The molecule has 0 unspecified atom stereocenters. The third kappa shape index (κ3) is 6.04. The fourth-order valence-electron chi connectivity index (χ4n) is 2.18. The highest BCUT2D eigenvalue weighted by Gasteiger charge is 2.29. The summed E-state index contributed by atoms with van der Waals surface area (Å²) in [7, 11) is 0. The van der Waals surface area contributed by atoms with Crippen LogP contribution in [-0.2, 0) is 27.1 Å². The number of ketones is 1. The van der Waals surface area contributed by atoms with Gasteiger partial charge >= 0.3 is 12.1 Å². The number of rotatable bonds is 7. The summed E-state index contributed by atoms with van der Waals surface area (Å²) >= 11 is 0. The summed E-state index contributed by atoms with van der Waals surface area (Å²) in [5, 5.41) is 10.9. The van der Waals surface area contributed by atoms with Crippen LogP contribution < -0.4 is 0 Å². The molecule has 9 heteroatoms. The van der Waals surface area contributed by atoms with E-state index in [1.807, 2.05) is 0 Å². The Bertz CT molecular complexity index is 905. The first-order valence-corrected chi connectivity index (χ1v) is 7.93. The zero-order chi connectivity index (χ0) is 20.7. The third-order valence-corrected chi connectivity index (χ3v) is 3.58. The second-order valence-corrected chi connectivity index (χ2v) is 5.65. The van der Waals surface area contributed by atoms with Gasteiger partial charge in [-0.25, -0.2) is 0 Å². The number of hydrogen-bond donors (Lipinski definition) is 0. The van der Waals surface area contributed by atoms with Crippen molar-refractivity contribution in [2.75, 3.05) is 0 Å². The largest absolute Gasteiger partial charge is 0.460 e. The number of ether oxygens (including phenoxy) is 1. The Hall–Kier alpha value is -3.49. The number of esters is 1. The van der Waals surface area contributed by atoms with E-state index in [0.29, 0.717) is 5.56 Å². The quantitative estimate of drug-likeness (QED) is 0.230. The van der Waals surface area contributed by atoms with Crippen molar-refractivity contribution in [3.05, 3.63) is 81.4 Å². The molecule has 0 saturated carbocycles. The molecular weight excluding hydrogens is 379 g/mol. The topological polar surface area (TPSA) is 86.5 Å². The Morgan fingerprint density at radius 3 is 2.32 bits per heavy atom. The molecule has 0 N–H and O–H groups in total. The summed E-state index contributed by atoms with van der Waals surface area (Å²) in [5.74, 6) is -1.49. The van der Waals surface area contributed by atoms with Gasteiger partial charge in [-0.1, -0.05) is 24.3 Å². The van der Waals surface area contributed by atoms with Crippen molar-refractivity contribution in [3.8, 4) is 0 Å². The van der Waals surface area contributed by atoms with Crippen LogP contribution in [0.25, 0.3) is 6.08 Å². The first-order valence-electron chi connectivity index (χ1n) is 7.93. The lowest BCUT2D eigenvalue weighted by molar-refractivity contribution is -0.385. The molecule has 0 aromatic heterocycles. The number of halogens is 3. The molecule has 146 valence electrons. The van der Waals surface area contributed by atoms with E-state index < -0.39 is 34.8 Å². The molecule has 0 aliphatic carbocycles. The van der Waals surface area contributed by atoms with Gasteiger partial charge < -0.3 is 4.74 Å². The van der Waals surface area contributed by atoms with Crippen molar-refractivity contribution in [1.29, 1.82) is 0 Å². The van der Waals surface area contributed by atoms with Crippen LogP contribution in [0.5, 0.6) is 0 Å². The summed E-state index contributed by atoms with van der Waals surface area (Å²) in [6.45, 7) is -0.280. The van der Waals surface area contributed by atoms with Gasteiger partial charge in [-0.05, 0) is 35.9 Å². The summed E-state index contributed by atoms with van der Waals surface area (Å²) in [6, 6.07) is 9.85. The van der Waals surface area contributed by atoms with E-state index in [1.54, 1.807) is 6.07 Å². The number of alkyl halides is 3. The Balaban J connectivity index is 1.88. The summed E-state index contributed by atoms with van der Waals surface area (Å²) < 4.78 is 42.3.